The van der Waals surface area contributed by atoms with E-state index < -0.39 is 5.97 Å². The summed E-state index contributed by atoms with van der Waals surface area (Å²) in [5.74, 6) is -0.877. The number of hydrogen-bond donors (Lipinski definition) is 2. The van der Waals surface area contributed by atoms with Crippen LogP contribution >= 0.6 is 0 Å². The zero-order valence-corrected chi connectivity index (χ0v) is 15.6. The maximum Gasteiger partial charge on any atom is 0.337 e. The summed E-state index contributed by atoms with van der Waals surface area (Å²) in [4.78, 5) is 11.8. The molecule has 136 valence electrons. The fourth-order valence-electron chi connectivity index (χ4n) is 3.14. The Morgan fingerprint density at radius 2 is 1.84 bits per heavy atom. The first kappa shape index (κ1) is 19.2. The zero-order chi connectivity index (χ0) is 18.4. The highest BCUT2D eigenvalue weighted by Gasteiger charge is 2.22. The second-order valence-electron chi connectivity index (χ2n) is 6.23. The van der Waals surface area contributed by atoms with Crippen molar-refractivity contribution in [1.82, 2.24) is 9.88 Å². The van der Waals surface area contributed by atoms with E-state index in [4.69, 9.17) is 4.74 Å². The number of rotatable bonds is 9. The third-order valence-electron chi connectivity index (χ3n) is 4.43. The van der Waals surface area contributed by atoms with Crippen molar-refractivity contribution in [2.24, 2.45) is 0 Å². The predicted molar refractivity (Wildman–Crippen MR) is 99.8 cm³/mol. The van der Waals surface area contributed by atoms with E-state index in [9.17, 15) is 9.90 Å². The Labute approximate surface area is 149 Å². The smallest absolute Gasteiger partial charge is 0.337 e. The van der Waals surface area contributed by atoms with Crippen molar-refractivity contribution in [3.05, 3.63) is 52.3 Å². The maximum absolute atomic E-state index is 11.8. The molecule has 5 nitrogen and oxygen atoms in total. The van der Waals surface area contributed by atoms with Crippen molar-refractivity contribution in [3.8, 4) is 5.69 Å². The second-order valence-corrected chi connectivity index (χ2v) is 6.23. The molecule has 0 fully saturated rings. The first-order valence-corrected chi connectivity index (χ1v) is 8.77. The molecule has 0 bridgehead atoms. The fraction of sp³-hybridized carbons (Fsp3) is 0.450. The average molecular weight is 344 g/mol. The van der Waals surface area contributed by atoms with E-state index in [0.717, 1.165) is 48.8 Å². The lowest BCUT2D eigenvalue weighted by atomic mass is 10.1. The lowest BCUT2D eigenvalue weighted by Crippen LogP contribution is -2.18. The Bertz CT molecular complexity index is 718. The number of aromatic nitrogens is 1. The molecule has 0 saturated heterocycles. The normalized spacial score (nSPS) is 11.0. The van der Waals surface area contributed by atoms with E-state index >= 15 is 0 Å². The quantitative estimate of drug-likeness (QED) is 0.682. The minimum Gasteiger partial charge on any atom is -0.478 e. The van der Waals surface area contributed by atoms with Crippen molar-refractivity contribution < 1.29 is 14.6 Å². The standard InChI is InChI=1S/C20H28N2O3/c1-5-25-12-6-11-21-13-18-15(3)22(16(4)19(18)20(23)24)17-9-7-14(2)8-10-17/h7-10,21H,5-6,11-13H2,1-4H3,(H,23,24). The van der Waals surface area contributed by atoms with Gasteiger partial charge < -0.3 is 19.7 Å². The molecule has 0 radical (unpaired) electrons. The maximum atomic E-state index is 11.8. The number of carboxylic acid groups (broad SMARTS) is 1. The highest BCUT2D eigenvalue weighted by Crippen LogP contribution is 2.26. The summed E-state index contributed by atoms with van der Waals surface area (Å²) in [5, 5.41) is 13.0. The number of hydrogen-bond acceptors (Lipinski definition) is 3. The molecule has 0 aliphatic carbocycles. The molecule has 2 N–H and O–H groups in total. The van der Waals surface area contributed by atoms with Crippen LogP contribution in [0.2, 0.25) is 0 Å². The Kier molecular flexibility index (Phi) is 6.79. The van der Waals surface area contributed by atoms with Crippen LogP contribution < -0.4 is 5.32 Å². The van der Waals surface area contributed by atoms with Gasteiger partial charge in [-0.05, 0) is 52.8 Å². The molecule has 0 atom stereocenters. The van der Waals surface area contributed by atoms with Crippen LogP contribution in [0.5, 0.6) is 0 Å². The van der Waals surface area contributed by atoms with E-state index in [1.807, 2.05) is 56.5 Å². The highest BCUT2D eigenvalue weighted by molar-refractivity contribution is 5.91. The van der Waals surface area contributed by atoms with Crippen LogP contribution in [0.1, 0.15) is 46.2 Å². The summed E-state index contributed by atoms with van der Waals surface area (Å²) in [6.07, 6.45) is 0.910. The number of aromatic carboxylic acids is 1. The van der Waals surface area contributed by atoms with Gasteiger partial charge in [-0.1, -0.05) is 17.7 Å². The molecule has 5 heteroatoms. The van der Waals surface area contributed by atoms with Gasteiger partial charge in [0.1, 0.15) is 0 Å². The van der Waals surface area contributed by atoms with Gasteiger partial charge in [0.15, 0.2) is 0 Å². The first-order chi connectivity index (χ1) is 12.0. The average Bonchev–Trinajstić information content (AvgIpc) is 2.82. The topological polar surface area (TPSA) is 63.5 Å². The number of ether oxygens (including phenoxy) is 1. The monoisotopic (exact) mass is 344 g/mol. The Morgan fingerprint density at radius 1 is 1.16 bits per heavy atom. The van der Waals surface area contributed by atoms with Crippen LogP contribution in [-0.4, -0.2) is 35.4 Å². The molecule has 2 rings (SSSR count). The van der Waals surface area contributed by atoms with E-state index in [0.29, 0.717) is 12.1 Å². The lowest BCUT2D eigenvalue weighted by molar-refractivity contribution is 0.0694. The molecule has 0 spiro atoms. The van der Waals surface area contributed by atoms with Crippen LogP contribution in [0, 0.1) is 20.8 Å². The number of carbonyl (C=O) groups is 1. The van der Waals surface area contributed by atoms with Gasteiger partial charge >= 0.3 is 5.97 Å². The zero-order valence-electron chi connectivity index (χ0n) is 15.6. The first-order valence-electron chi connectivity index (χ1n) is 8.77. The number of nitrogens with zero attached hydrogens (tertiary/aromatic N) is 1. The number of benzene rings is 1. The fourth-order valence-corrected chi connectivity index (χ4v) is 3.14. The van der Waals surface area contributed by atoms with Crippen molar-refractivity contribution in [3.63, 3.8) is 0 Å². The van der Waals surface area contributed by atoms with Gasteiger partial charge in [0.2, 0.25) is 0 Å². The lowest BCUT2D eigenvalue weighted by Gasteiger charge is -2.10. The van der Waals surface area contributed by atoms with Gasteiger partial charge in [0, 0.05) is 42.4 Å². The van der Waals surface area contributed by atoms with Gasteiger partial charge in [-0.3, -0.25) is 0 Å². The Hall–Kier alpha value is -2.11. The second kappa shape index (κ2) is 8.83. The van der Waals surface area contributed by atoms with E-state index in [-0.39, 0.29) is 0 Å². The van der Waals surface area contributed by atoms with Gasteiger partial charge in [0.05, 0.1) is 5.56 Å². The molecule has 1 aromatic heterocycles. The molecule has 1 heterocycles. The molecule has 25 heavy (non-hydrogen) atoms. The summed E-state index contributed by atoms with van der Waals surface area (Å²) in [5.41, 5.74) is 5.15. The van der Waals surface area contributed by atoms with E-state index in [1.54, 1.807) is 0 Å². The highest BCUT2D eigenvalue weighted by atomic mass is 16.5. The third kappa shape index (κ3) is 4.50. The van der Waals surface area contributed by atoms with Crippen molar-refractivity contribution in [1.29, 1.82) is 0 Å². The van der Waals surface area contributed by atoms with Crippen LogP contribution in [0.3, 0.4) is 0 Å². The molecular formula is C20H28N2O3. The minimum atomic E-state index is -0.877. The van der Waals surface area contributed by atoms with Crippen molar-refractivity contribution >= 4 is 5.97 Å². The SMILES string of the molecule is CCOCCCNCc1c(C(=O)O)c(C)n(-c2ccc(C)cc2)c1C. The molecule has 0 aliphatic heterocycles. The van der Waals surface area contributed by atoms with E-state index in [1.165, 1.54) is 5.56 Å². The molecule has 0 unspecified atom stereocenters. The van der Waals surface area contributed by atoms with Crippen LogP contribution in [0.4, 0.5) is 0 Å². The predicted octanol–water partition coefficient (Wildman–Crippen LogP) is 3.62. The summed E-state index contributed by atoms with van der Waals surface area (Å²) >= 11 is 0. The largest absolute Gasteiger partial charge is 0.478 e. The molecule has 0 aliphatic rings. The summed E-state index contributed by atoms with van der Waals surface area (Å²) in [6, 6.07) is 8.14. The van der Waals surface area contributed by atoms with Crippen molar-refractivity contribution in [2.75, 3.05) is 19.8 Å². The van der Waals surface area contributed by atoms with Crippen molar-refractivity contribution in [2.45, 2.75) is 40.7 Å². The van der Waals surface area contributed by atoms with Crippen LogP contribution in [-0.2, 0) is 11.3 Å². The molecule has 2 aromatic rings. The number of aryl methyl sites for hydroxylation is 1. The third-order valence-corrected chi connectivity index (χ3v) is 4.43. The van der Waals surface area contributed by atoms with Gasteiger partial charge in [-0.15, -0.1) is 0 Å². The molecule has 0 saturated carbocycles. The van der Waals surface area contributed by atoms with Gasteiger partial charge in [0.25, 0.3) is 0 Å². The number of carboxylic acids is 1. The molecular weight excluding hydrogens is 316 g/mol. The summed E-state index contributed by atoms with van der Waals surface area (Å²) in [7, 11) is 0. The minimum absolute atomic E-state index is 0.399. The molecule has 1 aromatic carbocycles. The summed E-state index contributed by atoms with van der Waals surface area (Å²) in [6.45, 7) is 10.7. The Morgan fingerprint density at radius 3 is 2.44 bits per heavy atom. The Balaban J connectivity index is 2.25. The summed E-state index contributed by atoms with van der Waals surface area (Å²) < 4.78 is 7.35. The van der Waals surface area contributed by atoms with Gasteiger partial charge in [-0.25, -0.2) is 4.79 Å². The van der Waals surface area contributed by atoms with E-state index in [2.05, 4.69) is 5.32 Å². The number of nitrogens with one attached hydrogen (secondary N) is 1. The molecule has 0 amide bonds. The van der Waals surface area contributed by atoms with Crippen LogP contribution in [0.25, 0.3) is 5.69 Å². The van der Waals surface area contributed by atoms with Gasteiger partial charge in [-0.2, -0.15) is 0 Å². The van der Waals surface area contributed by atoms with Crippen LogP contribution in [0.15, 0.2) is 24.3 Å².